The van der Waals surface area contributed by atoms with Gasteiger partial charge < -0.3 is 9.84 Å². The first kappa shape index (κ1) is 16.8. The average molecular weight is 258 g/mol. The van der Waals surface area contributed by atoms with Gasteiger partial charge in [0.1, 0.15) is 6.10 Å². The van der Waals surface area contributed by atoms with Crippen LogP contribution in [-0.4, -0.2) is 23.8 Å². The summed E-state index contributed by atoms with van der Waals surface area (Å²) in [6.07, 6.45) is 10.3. The number of carbonyl (C=O) groups excluding carboxylic acids is 1. The minimum atomic E-state index is -0.408. The molecule has 100 valence electrons. The van der Waals surface area contributed by atoms with Crippen LogP contribution in [0.1, 0.15) is 20.3 Å². The summed E-state index contributed by atoms with van der Waals surface area (Å²) in [4.78, 5) is 10.8. The second kappa shape index (κ2) is 12.2. The van der Waals surface area contributed by atoms with Crippen LogP contribution in [0.3, 0.4) is 0 Å². The number of esters is 1. The van der Waals surface area contributed by atoms with Gasteiger partial charge in [-0.05, 0) is 37.0 Å². The average Bonchev–Trinajstić information content (AvgIpc) is 2.36. The van der Waals surface area contributed by atoms with Gasteiger partial charge in [-0.1, -0.05) is 30.1 Å². The number of rotatable bonds is 5. The van der Waals surface area contributed by atoms with Crippen molar-refractivity contribution in [3.8, 4) is 23.7 Å². The second-order valence-electron chi connectivity index (χ2n) is 3.44. The molecule has 0 aromatic heterocycles. The van der Waals surface area contributed by atoms with Gasteiger partial charge in [0.25, 0.3) is 0 Å². The third kappa shape index (κ3) is 12.0. The Bertz CT molecular complexity index is 462. The van der Waals surface area contributed by atoms with Gasteiger partial charge in [-0.3, -0.25) is 4.79 Å². The third-order valence-electron chi connectivity index (χ3n) is 1.80. The molecule has 1 atom stereocenters. The summed E-state index contributed by atoms with van der Waals surface area (Å²) >= 11 is 0. The normalized spacial score (nSPS) is 11.9. The van der Waals surface area contributed by atoms with Crippen LogP contribution in [0.25, 0.3) is 0 Å². The van der Waals surface area contributed by atoms with Crippen LogP contribution in [0.4, 0.5) is 0 Å². The number of allylic oxidation sites excluding steroid dienone is 5. The van der Waals surface area contributed by atoms with Crippen molar-refractivity contribution < 1.29 is 14.6 Å². The predicted octanol–water partition coefficient (Wildman–Crippen LogP) is 2.00. The SMILES string of the molecule is CC=CC#CC#CC=CC=CC(CCO)OC(C)=O. The third-order valence-corrected chi connectivity index (χ3v) is 1.80. The summed E-state index contributed by atoms with van der Waals surface area (Å²) in [7, 11) is 0. The zero-order chi connectivity index (χ0) is 14.3. The molecule has 0 aliphatic rings. The van der Waals surface area contributed by atoms with Crippen molar-refractivity contribution in [1.82, 2.24) is 0 Å². The van der Waals surface area contributed by atoms with Crippen molar-refractivity contribution in [1.29, 1.82) is 0 Å². The van der Waals surface area contributed by atoms with E-state index in [1.165, 1.54) is 6.92 Å². The van der Waals surface area contributed by atoms with Gasteiger partial charge in [0.15, 0.2) is 0 Å². The molecule has 0 amide bonds. The molecule has 0 saturated heterocycles. The first-order chi connectivity index (χ1) is 9.20. The molecule has 0 aromatic carbocycles. The largest absolute Gasteiger partial charge is 0.458 e. The number of hydrogen-bond donors (Lipinski definition) is 1. The fraction of sp³-hybridized carbons (Fsp3) is 0.312. The smallest absolute Gasteiger partial charge is 0.303 e. The summed E-state index contributed by atoms with van der Waals surface area (Å²) in [5.74, 6) is 10.4. The van der Waals surface area contributed by atoms with Crippen molar-refractivity contribution in [2.45, 2.75) is 26.4 Å². The molecule has 0 aliphatic heterocycles. The summed E-state index contributed by atoms with van der Waals surface area (Å²) in [5.41, 5.74) is 0. The molecule has 3 nitrogen and oxygen atoms in total. The predicted molar refractivity (Wildman–Crippen MR) is 75.9 cm³/mol. The molecule has 0 radical (unpaired) electrons. The van der Waals surface area contributed by atoms with E-state index in [0.29, 0.717) is 6.42 Å². The number of ether oxygens (including phenoxy) is 1. The number of aliphatic hydroxyl groups excluding tert-OH is 1. The van der Waals surface area contributed by atoms with Crippen LogP contribution in [0.5, 0.6) is 0 Å². The lowest BCUT2D eigenvalue weighted by molar-refractivity contribution is -0.144. The van der Waals surface area contributed by atoms with Gasteiger partial charge in [-0.2, -0.15) is 0 Å². The quantitative estimate of drug-likeness (QED) is 0.466. The molecule has 0 saturated carbocycles. The minimum absolute atomic E-state index is 0.0354. The Labute approximate surface area is 114 Å². The second-order valence-corrected chi connectivity index (χ2v) is 3.44. The maximum Gasteiger partial charge on any atom is 0.303 e. The summed E-state index contributed by atoms with van der Waals surface area (Å²) in [6.45, 7) is 3.19. The molecule has 1 N–H and O–H groups in total. The van der Waals surface area contributed by atoms with E-state index in [0.717, 1.165) is 0 Å². The zero-order valence-electron chi connectivity index (χ0n) is 11.2. The van der Waals surface area contributed by atoms with E-state index < -0.39 is 6.10 Å². The van der Waals surface area contributed by atoms with Crippen molar-refractivity contribution in [2.24, 2.45) is 0 Å². The lowest BCUT2D eigenvalue weighted by Crippen LogP contribution is -2.14. The lowest BCUT2D eigenvalue weighted by Gasteiger charge is -2.10. The van der Waals surface area contributed by atoms with Crippen molar-refractivity contribution in [3.05, 3.63) is 36.5 Å². The highest BCUT2D eigenvalue weighted by Gasteiger charge is 2.05. The van der Waals surface area contributed by atoms with Crippen molar-refractivity contribution in [3.63, 3.8) is 0 Å². The summed E-state index contributed by atoms with van der Waals surface area (Å²) < 4.78 is 4.98. The van der Waals surface area contributed by atoms with Gasteiger partial charge in [-0.15, -0.1) is 0 Å². The molecule has 0 rings (SSSR count). The standard InChI is InChI=1S/C16H18O3/c1-3-4-5-6-7-8-9-10-11-12-16(13-14-17)19-15(2)18/h3-4,9-12,16-17H,13-14H2,1-2H3. The topological polar surface area (TPSA) is 46.5 Å². The Hall–Kier alpha value is -2.23. The number of aliphatic hydroxyl groups is 1. The molecule has 0 fully saturated rings. The minimum Gasteiger partial charge on any atom is -0.458 e. The molecule has 0 bridgehead atoms. The van der Waals surface area contributed by atoms with Gasteiger partial charge in [0.05, 0.1) is 0 Å². The van der Waals surface area contributed by atoms with E-state index >= 15 is 0 Å². The van der Waals surface area contributed by atoms with E-state index in [4.69, 9.17) is 9.84 Å². The maximum absolute atomic E-state index is 10.8. The summed E-state index contributed by atoms with van der Waals surface area (Å²) in [6, 6.07) is 0. The van der Waals surface area contributed by atoms with Crippen LogP contribution < -0.4 is 0 Å². The molecule has 0 spiro atoms. The highest BCUT2D eigenvalue weighted by molar-refractivity contribution is 5.66. The van der Waals surface area contributed by atoms with Crippen LogP contribution >= 0.6 is 0 Å². The number of hydrogen-bond acceptors (Lipinski definition) is 3. The van der Waals surface area contributed by atoms with E-state index in [9.17, 15) is 4.79 Å². The maximum atomic E-state index is 10.8. The molecule has 3 heteroatoms. The number of carbonyl (C=O) groups is 1. The van der Waals surface area contributed by atoms with Gasteiger partial charge in [0, 0.05) is 20.0 Å². The first-order valence-corrected chi connectivity index (χ1v) is 5.94. The molecule has 19 heavy (non-hydrogen) atoms. The highest BCUT2D eigenvalue weighted by atomic mass is 16.5. The molecule has 0 aliphatic carbocycles. The van der Waals surface area contributed by atoms with E-state index in [-0.39, 0.29) is 12.6 Å². The Morgan fingerprint density at radius 3 is 2.53 bits per heavy atom. The van der Waals surface area contributed by atoms with Crippen LogP contribution in [-0.2, 0) is 9.53 Å². The van der Waals surface area contributed by atoms with Gasteiger partial charge >= 0.3 is 5.97 Å². The first-order valence-electron chi connectivity index (χ1n) is 5.94. The molecule has 0 heterocycles. The van der Waals surface area contributed by atoms with Crippen LogP contribution in [0.2, 0.25) is 0 Å². The van der Waals surface area contributed by atoms with E-state index in [1.807, 2.05) is 13.0 Å². The van der Waals surface area contributed by atoms with Gasteiger partial charge in [-0.25, -0.2) is 0 Å². The van der Waals surface area contributed by atoms with E-state index in [1.54, 1.807) is 30.4 Å². The Morgan fingerprint density at radius 1 is 1.26 bits per heavy atom. The van der Waals surface area contributed by atoms with Crippen molar-refractivity contribution in [2.75, 3.05) is 6.61 Å². The van der Waals surface area contributed by atoms with Crippen molar-refractivity contribution >= 4 is 5.97 Å². The molecular formula is C16H18O3. The van der Waals surface area contributed by atoms with Crippen LogP contribution in [0.15, 0.2) is 36.5 Å². The Balaban J connectivity index is 4.23. The highest BCUT2D eigenvalue weighted by Crippen LogP contribution is 2.00. The lowest BCUT2D eigenvalue weighted by atomic mass is 10.2. The van der Waals surface area contributed by atoms with Crippen LogP contribution in [0, 0.1) is 23.7 Å². The molecule has 0 aromatic rings. The summed E-state index contributed by atoms with van der Waals surface area (Å²) in [5, 5.41) is 8.81. The molecule has 1 unspecified atom stereocenters. The monoisotopic (exact) mass is 258 g/mol. The molecular weight excluding hydrogens is 240 g/mol. The van der Waals surface area contributed by atoms with E-state index in [2.05, 4.69) is 23.7 Å². The fourth-order valence-electron chi connectivity index (χ4n) is 1.07. The fourth-order valence-corrected chi connectivity index (χ4v) is 1.07. The zero-order valence-corrected chi connectivity index (χ0v) is 11.2. The Morgan fingerprint density at radius 2 is 1.95 bits per heavy atom. The van der Waals surface area contributed by atoms with Gasteiger partial charge in [0.2, 0.25) is 0 Å². The Kier molecular flexibility index (Phi) is 10.8.